The van der Waals surface area contributed by atoms with Gasteiger partial charge < -0.3 is 9.15 Å². The van der Waals surface area contributed by atoms with Crippen LogP contribution in [0.25, 0.3) is 10.2 Å². The summed E-state index contributed by atoms with van der Waals surface area (Å²) in [6.07, 6.45) is 3.29. The molecule has 0 saturated carbocycles. The second-order valence-electron chi connectivity index (χ2n) is 8.17. The Bertz CT molecular complexity index is 1420. The zero-order valence-corrected chi connectivity index (χ0v) is 20.8. The predicted molar refractivity (Wildman–Crippen MR) is 134 cm³/mol. The Labute approximate surface area is 207 Å². The highest BCUT2D eigenvalue weighted by molar-refractivity contribution is 7.89. The molecular formula is C25H25N3O5S2. The quantitative estimate of drug-likeness (QED) is 0.333. The van der Waals surface area contributed by atoms with Crippen LogP contribution in [-0.4, -0.2) is 43.3 Å². The standard InChI is InChI=1S/C25H25N3O5S2/c1-2-32-19-9-12-22-23(16-19)34-25(26-22)28(17-20-6-5-15-33-20)24(29)18-7-10-21(11-8-18)35(30,31)27-13-3-4-14-27/h5-12,15-16H,2-4,13-14,17H2,1H3. The number of thiazole rings is 1. The van der Waals surface area contributed by atoms with Crippen molar-refractivity contribution >= 4 is 42.6 Å². The molecule has 182 valence electrons. The summed E-state index contributed by atoms with van der Waals surface area (Å²) in [7, 11) is -3.55. The van der Waals surface area contributed by atoms with E-state index in [1.807, 2.05) is 25.1 Å². The van der Waals surface area contributed by atoms with Crippen molar-refractivity contribution in [2.75, 3.05) is 24.6 Å². The summed E-state index contributed by atoms with van der Waals surface area (Å²) in [5.74, 6) is 1.06. The number of benzene rings is 2. The second-order valence-corrected chi connectivity index (χ2v) is 11.1. The van der Waals surface area contributed by atoms with Gasteiger partial charge in [0.1, 0.15) is 11.5 Å². The number of hydrogen-bond donors (Lipinski definition) is 0. The van der Waals surface area contributed by atoms with E-state index in [0.29, 0.717) is 36.2 Å². The summed E-state index contributed by atoms with van der Waals surface area (Å²) in [4.78, 5) is 20.0. The van der Waals surface area contributed by atoms with E-state index in [-0.39, 0.29) is 17.3 Å². The van der Waals surface area contributed by atoms with Gasteiger partial charge in [-0.05, 0) is 74.4 Å². The highest BCUT2D eigenvalue weighted by Gasteiger charge is 2.28. The lowest BCUT2D eigenvalue weighted by Crippen LogP contribution is -2.30. The topological polar surface area (TPSA) is 93.0 Å². The van der Waals surface area contributed by atoms with Crippen LogP contribution in [0.2, 0.25) is 0 Å². The molecule has 2 aromatic heterocycles. The first-order valence-electron chi connectivity index (χ1n) is 11.4. The molecule has 10 heteroatoms. The average molecular weight is 512 g/mol. The molecule has 1 amide bonds. The Balaban J connectivity index is 1.46. The number of amides is 1. The van der Waals surface area contributed by atoms with Gasteiger partial charge in [0.2, 0.25) is 10.0 Å². The molecule has 1 aliphatic rings. The van der Waals surface area contributed by atoms with Crippen molar-refractivity contribution in [3.63, 3.8) is 0 Å². The monoisotopic (exact) mass is 511 g/mol. The van der Waals surface area contributed by atoms with Gasteiger partial charge in [-0.1, -0.05) is 11.3 Å². The maximum Gasteiger partial charge on any atom is 0.260 e. The number of nitrogens with zero attached hydrogens (tertiary/aromatic N) is 3. The van der Waals surface area contributed by atoms with Crippen molar-refractivity contribution in [3.05, 3.63) is 72.2 Å². The first-order chi connectivity index (χ1) is 17.0. The largest absolute Gasteiger partial charge is 0.494 e. The maximum absolute atomic E-state index is 13.6. The summed E-state index contributed by atoms with van der Waals surface area (Å²) < 4.78 is 39.2. The Morgan fingerprint density at radius 1 is 1.14 bits per heavy atom. The maximum atomic E-state index is 13.6. The fraction of sp³-hybridized carbons (Fsp3) is 0.280. The number of carbonyl (C=O) groups excluding carboxylic acids is 1. The molecule has 5 rings (SSSR count). The minimum absolute atomic E-state index is 0.192. The van der Waals surface area contributed by atoms with Crippen LogP contribution < -0.4 is 9.64 Å². The molecule has 0 atom stereocenters. The molecule has 0 unspecified atom stereocenters. The van der Waals surface area contributed by atoms with Crippen molar-refractivity contribution in [1.82, 2.24) is 9.29 Å². The highest BCUT2D eigenvalue weighted by Crippen LogP contribution is 2.33. The van der Waals surface area contributed by atoms with E-state index in [2.05, 4.69) is 4.98 Å². The fourth-order valence-electron chi connectivity index (χ4n) is 4.05. The lowest BCUT2D eigenvalue weighted by Gasteiger charge is -2.19. The van der Waals surface area contributed by atoms with E-state index in [4.69, 9.17) is 9.15 Å². The number of hydrogen-bond acceptors (Lipinski definition) is 7. The predicted octanol–water partition coefficient (Wildman–Crippen LogP) is 4.92. The van der Waals surface area contributed by atoms with Gasteiger partial charge in [-0.3, -0.25) is 9.69 Å². The first kappa shape index (κ1) is 23.5. The second kappa shape index (κ2) is 9.80. The lowest BCUT2D eigenvalue weighted by molar-refractivity contribution is 0.0983. The highest BCUT2D eigenvalue weighted by atomic mass is 32.2. The summed E-state index contributed by atoms with van der Waals surface area (Å²) in [5.41, 5.74) is 1.13. The summed E-state index contributed by atoms with van der Waals surface area (Å²) >= 11 is 1.38. The van der Waals surface area contributed by atoms with Gasteiger partial charge in [-0.15, -0.1) is 0 Å². The molecule has 35 heavy (non-hydrogen) atoms. The molecule has 0 radical (unpaired) electrons. The third-order valence-corrected chi connectivity index (χ3v) is 8.79. The number of ether oxygens (including phenoxy) is 1. The van der Waals surface area contributed by atoms with Crippen LogP contribution in [0.4, 0.5) is 5.13 Å². The number of rotatable bonds is 8. The van der Waals surface area contributed by atoms with Crippen molar-refractivity contribution < 1.29 is 22.4 Å². The van der Waals surface area contributed by atoms with E-state index >= 15 is 0 Å². The number of carbonyl (C=O) groups is 1. The Hall–Kier alpha value is -3.21. The molecule has 4 aromatic rings. The minimum atomic E-state index is -3.55. The van der Waals surface area contributed by atoms with E-state index in [9.17, 15) is 13.2 Å². The molecule has 0 N–H and O–H groups in total. The number of sulfonamides is 1. The minimum Gasteiger partial charge on any atom is -0.494 e. The molecule has 1 saturated heterocycles. The Morgan fingerprint density at radius 3 is 2.60 bits per heavy atom. The van der Waals surface area contributed by atoms with Gasteiger partial charge in [-0.25, -0.2) is 13.4 Å². The van der Waals surface area contributed by atoms with Gasteiger partial charge >= 0.3 is 0 Å². The van der Waals surface area contributed by atoms with Gasteiger partial charge in [0, 0.05) is 18.7 Å². The number of aromatic nitrogens is 1. The van der Waals surface area contributed by atoms with Crippen molar-refractivity contribution in [2.24, 2.45) is 0 Å². The average Bonchev–Trinajstić information content (AvgIpc) is 3.64. The van der Waals surface area contributed by atoms with Crippen molar-refractivity contribution in [1.29, 1.82) is 0 Å². The number of anilines is 1. The third kappa shape index (κ3) is 4.82. The summed E-state index contributed by atoms with van der Waals surface area (Å²) in [6.45, 7) is 3.74. The lowest BCUT2D eigenvalue weighted by atomic mass is 10.2. The SMILES string of the molecule is CCOc1ccc2nc(N(Cc3ccco3)C(=O)c3ccc(S(=O)(=O)N4CCCC4)cc3)sc2c1. The molecule has 8 nitrogen and oxygen atoms in total. The molecule has 0 bridgehead atoms. The summed E-state index contributed by atoms with van der Waals surface area (Å²) in [6, 6.07) is 15.3. The molecule has 1 aliphatic heterocycles. The van der Waals surface area contributed by atoms with Crippen molar-refractivity contribution in [2.45, 2.75) is 31.2 Å². The fourth-order valence-corrected chi connectivity index (χ4v) is 6.56. The normalized spacial score (nSPS) is 14.4. The third-order valence-electron chi connectivity index (χ3n) is 5.83. The smallest absolute Gasteiger partial charge is 0.260 e. The first-order valence-corrected chi connectivity index (χ1v) is 13.7. The van der Waals surface area contributed by atoms with Crippen LogP contribution in [-0.2, 0) is 16.6 Å². The Kier molecular flexibility index (Phi) is 6.59. The molecular weight excluding hydrogens is 486 g/mol. The zero-order valence-electron chi connectivity index (χ0n) is 19.2. The van der Waals surface area contributed by atoms with Gasteiger partial charge in [0.05, 0.1) is 34.5 Å². The van der Waals surface area contributed by atoms with Crippen molar-refractivity contribution in [3.8, 4) is 5.75 Å². The van der Waals surface area contributed by atoms with E-state index in [1.54, 1.807) is 35.4 Å². The Morgan fingerprint density at radius 2 is 1.91 bits per heavy atom. The van der Waals surface area contributed by atoms with Crippen LogP contribution in [0.5, 0.6) is 5.75 Å². The number of fused-ring (bicyclic) bond motifs is 1. The molecule has 1 fully saturated rings. The van der Waals surface area contributed by atoms with Gasteiger partial charge in [-0.2, -0.15) is 4.31 Å². The van der Waals surface area contributed by atoms with E-state index in [1.165, 1.54) is 27.8 Å². The van der Waals surface area contributed by atoms with Crippen LogP contribution in [0, 0.1) is 0 Å². The van der Waals surface area contributed by atoms with E-state index < -0.39 is 10.0 Å². The number of furan rings is 1. The van der Waals surface area contributed by atoms with E-state index in [0.717, 1.165) is 28.8 Å². The molecule has 3 heterocycles. The van der Waals surface area contributed by atoms with Crippen LogP contribution in [0.3, 0.4) is 0 Å². The van der Waals surface area contributed by atoms with Crippen LogP contribution in [0.1, 0.15) is 35.9 Å². The molecule has 2 aromatic carbocycles. The molecule has 0 spiro atoms. The van der Waals surface area contributed by atoms with Crippen LogP contribution >= 0.6 is 11.3 Å². The zero-order chi connectivity index (χ0) is 24.4. The summed E-state index contributed by atoms with van der Waals surface area (Å²) in [5, 5.41) is 0.517. The van der Waals surface area contributed by atoms with Crippen LogP contribution in [0.15, 0.2) is 70.2 Å². The molecule has 0 aliphatic carbocycles. The van der Waals surface area contributed by atoms with Gasteiger partial charge in [0.25, 0.3) is 5.91 Å². The van der Waals surface area contributed by atoms with Gasteiger partial charge in [0.15, 0.2) is 5.13 Å².